The maximum absolute atomic E-state index is 12.2. The van der Waals surface area contributed by atoms with Crippen molar-refractivity contribution in [3.8, 4) is 0 Å². The average Bonchev–Trinajstić information content (AvgIpc) is 2.94. The van der Waals surface area contributed by atoms with Crippen LogP contribution in [0.4, 0.5) is 0 Å². The summed E-state index contributed by atoms with van der Waals surface area (Å²) in [6.45, 7) is 0. The van der Waals surface area contributed by atoms with Gasteiger partial charge >= 0.3 is 0 Å². The van der Waals surface area contributed by atoms with Crippen LogP contribution in [0.15, 0.2) is 0 Å². The normalized spacial score (nSPS) is 35.4. The highest BCUT2D eigenvalue weighted by Crippen LogP contribution is 2.48. The number of Topliss-reactive ketones (excluding diaryl/α,β-unsaturated/α-hetero) is 1. The largest absolute Gasteiger partial charge is 0.327 e. The number of aromatic nitrogens is 4. The second-order valence-corrected chi connectivity index (χ2v) is 5.27. The van der Waals surface area contributed by atoms with E-state index in [4.69, 9.17) is 5.73 Å². The summed E-state index contributed by atoms with van der Waals surface area (Å²) in [5.74, 6) is 1.78. The molecule has 2 aliphatic carbocycles. The number of hydrogen-bond acceptors (Lipinski definition) is 5. The second-order valence-electron chi connectivity index (χ2n) is 5.27. The summed E-state index contributed by atoms with van der Waals surface area (Å²) in [5.41, 5.74) is 6.14. The van der Waals surface area contributed by atoms with Crippen LogP contribution in [0, 0.1) is 17.8 Å². The summed E-state index contributed by atoms with van der Waals surface area (Å²) < 4.78 is 0. The molecule has 2 saturated carbocycles. The van der Waals surface area contributed by atoms with E-state index in [1.807, 2.05) is 0 Å². The Morgan fingerprint density at radius 2 is 2.24 bits per heavy atom. The van der Waals surface area contributed by atoms with Crippen molar-refractivity contribution < 1.29 is 4.79 Å². The molecule has 2 bridgehead atoms. The third-order valence-corrected chi connectivity index (χ3v) is 4.23. The molecule has 6 nitrogen and oxygen atoms in total. The fourth-order valence-corrected chi connectivity index (χ4v) is 3.48. The Kier molecular flexibility index (Phi) is 2.47. The predicted molar refractivity (Wildman–Crippen MR) is 59.8 cm³/mol. The van der Waals surface area contributed by atoms with E-state index in [-0.39, 0.29) is 24.2 Å². The van der Waals surface area contributed by atoms with Crippen molar-refractivity contribution in [1.82, 2.24) is 20.2 Å². The lowest BCUT2D eigenvalue weighted by molar-refractivity contribution is -0.124. The van der Waals surface area contributed by atoms with Gasteiger partial charge in [-0.1, -0.05) is 0 Å². The molecule has 0 spiro atoms. The van der Waals surface area contributed by atoms with Crippen molar-refractivity contribution in [2.75, 3.05) is 0 Å². The monoisotopic (exact) mass is 235 g/mol. The van der Waals surface area contributed by atoms with Crippen LogP contribution in [0.1, 0.15) is 25.1 Å². The third-order valence-electron chi connectivity index (χ3n) is 4.23. The summed E-state index contributed by atoms with van der Waals surface area (Å²) in [5, 5.41) is 11.6. The summed E-state index contributed by atoms with van der Waals surface area (Å²) in [4.78, 5) is 13.6. The van der Waals surface area contributed by atoms with Crippen molar-refractivity contribution in [3.05, 3.63) is 5.82 Å². The van der Waals surface area contributed by atoms with E-state index in [1.165, 1.54) is 11.2 Å². The van der Waals surface area contributed by atoms with E-state index in [2.05, 4.69) is 15.4 Å². The fraction of sp³-hybridized carbons (Fsp3) is 0.818. The highest BCUT2D eigenvalue weighted by atomic mass is 16.1. The minimum absolute atomic E-state index is 0.0255. The summed E-state index contributed by atoms with van der Waals surface area (Å²) >= 11 is 0. The molecule has 1 aromatic heterocycles. The van der Waals surface area contributed by atoms with Crippen LogP contribution in [0.25, 0.3) is 0 Å². The van der Waals surface area contributed by atoms with Crippen LogP contribution in [-0.2, 0) is 18.3 Å². The van der Waals surface area contributed by atoms with E-state index in [9.17, 15) is 4.79 Å². The highest BCUT2D eigenvalue weighted by molar-refractivity contribution is 5.84. The molecule has 2 fully saturated rings. The van der Waals surface area contributed by atoms with Gasteiger partial charge in [0.2, 0.25) is 0 Å². The smallest absolute Gasteiger partial charge is 0.182 e. The molecule has 92 valence electrons. The lowest BCUT2D eigenvalue weighted by Crippen LogP contribution is -2.40. The Morgan fingerprint density at radius 3 is 2.82 bits per heavy atom. The van der Waals surface area contributed by atoms with Crippen LogP contribution in [-0.4, -0.2) is 32.0 Å². The van der Waals surface area contributed by atoms with Gasteiger partial charge in [0.25, 0.3) is 0 Å². The third kappa shape index (κ3) is 1.76. The van der Waals surface area contributed by atoms with Crippen molar-refractivity contribution >= 4 is 5.78 Å². The fourth-order valence-electron chi connectivity index (χ4n) is 3.48. The summed E-state index contributed by atoms with van der Waals surface area (Å²) in [6.07, 6.45) is 3.75. The Morgan fingerprint density at radius 1 is 1.47 bits per heavy atom. The van der Waals surface area contributed by atoms with Crippen LogP contribution in [0.5, 0.6) is 0 Å². The van der Waals surface area contributed by atoms with Gasteiger partial charge in [-0.05, 0) is 36.3 Å². The van der Waals surface area contributed by atoms with Gasteiger partial charge in [-0.25, -0.2) is 0 Å². The number of nitrogens with two attached hydrogens (primary N) is 1. The molecule has 0 saturated heterocycles. The second kappa shape index (κ2) is 3.87. The topological polar surface area (TPSA) is 86.7 Å². The van der Waals surface area contributed by atoms with Crippen molar-refractivity contribution in [3.63, 3.8) is 0 Å². The molecule has 0 aliphatic heterocycles. The zero-order valence-corrected chi connectivity index (χ0v) is 9.91. The SMILES string of the molecule is Cn1nnc(CC(=O)C2C3CCC(C3)C2N)n1. The quantitative estimate of drug-likeness (QED) is 0.777. The molecule has 4 unspecified atom stereocenters. The molecule has 1 heterocycles. The molecule has 2 N–H and O–H groups in total. The van der Waals surface area contributed by atoms with E-state index in [1.54, 1.807) is 7.05 Å². The van der Waals surface area contributed by atoms with Crippen molar-refractivity contribution in [2.24, 2.45) is 30.5 Å². The lowest BCUT2D eigenvalue weighted by atomic mass is 9.81. The first-order valence-electron chi connectivity index (χ1n) is 6.16. The molecule has 0 amide bonds. The number of aryl methyl sites for hydroxylation is 1. The van der Waals surface area contributed by atoms with Gasteiger partial charge in [-0.15, -0.1) is 10.2 Å². The summed E-state index contributed by atoms with van der Waals surface area (Å²) in [7, 11) is 1.70. The maximum Gasteiger partial charge on any atom is 0.182 e. The van der Waals surface area contributed by atoms with Gasteiger partial charge in [0.15, 0.2) is 5.82 Å². The molecular formula is C11H17N5O. The number of hydrogen-bond donors (Lipinski definition) is 1. The van der Waals surface area contributed by atoms with Gasteiger partial charge in [-0.3, -0.25) is 4.79 Å². The number of ketones is 1. The Hall–Kier alpha value is -1.30. The molecule has 3 rings (SSSR count). The van der Waals surface area contributed by atoms with E-state index < -0.39 is 0 Å². The highest BCUT2D eigenvalue weighted by Gasteiger charge is 2.48. The van der Waals surface area contributed by atoms with E-state index >= 15 is 0 Å². The first kappa shape index (κ1) is 10.8. The van der Waals surface area contributed by atoms with E-state index in [0.29, 0.717) is 17.7 Å². The number of nitrogens with zero attached hydrogens (tertiary/aromatic N) is 4. The van der Waals surface area contributed by atoms with Crippen LogP contribution >= 0.6 is 0 Å². The molecule has 4 atom stereocenters. The van der Waals surface area contributed by atoms with E-state index in [0.717, 1.165) is 12.8 Å². The lowest BCUT2D eigenvalue weighted by Gasteiger charge is -2.26. The maximum atomic E-state index is 12.2. The first-order valence-corrected chi connectivity index (χ1v) is 6.16. The Labute approximate surface area is 99.6 Å². The van der Waals surface area contributed by atoms with Gasteiger partial charge in [0.1, 0.15) is 5.78 Å². The van der Waals surface area contributed by atoms with Gasteiger partial charge in [0.05, 0.1) is 13.5 Å². The Balaban J connectivity index is 1.70. The van der Waals surface area contributed by atoms with Gasteiger partial charge in [-0.2, -0.15) is 4.80 Å². The van der Waals surface area contributed by atoms with Crippen LogP contribution < -0.4 is 5.73 Å². The zero-order valence-electron chi connectivity index (χ0n) is 9.91. The number of tetrazole rings is 1. The number of carbonyl (C=O) groups is 1. The standard InChI is InChI=1S/C11H17N5O/c1-16-14-9(13-15-16)5-8(17)10-6-2-3-7(4-6)11(10)12/h6-7,10-11H,2-5,12H2,1H3. The number of rotatable bonds is 3. The number of fused-ring (bicyclic) bond motifs is 2. The van der Waals surface area contributed by atoms with Crippen LogP contribution in [0.3, 0.4) is 0 Å². The van der Waals surface area contributed by atoms with Crippen molar-refractivity contribution in [1.29, 1.82) is 0 Å². The van der Waals surface area contributed by atoms with Gasteiger partial charge in [0, 0.05) is 12.0 Å². The first-order chi connectivity index (χ1) is 8.15. The predicted octanol–water partition coefficient (Wildman–Crippen LogP) is -0.305. The molecule has 6 heteroatoms. The summed E-state index contributed by atoms with van der Waals surface area (Å²) in [6, 6.07) is 0.0536. The van der Waals surface area contributed by atoms with Gasteiger partial charge < -0.3 is 5.73 Å². The Bertz CT molecular complexity index is 441. The molecule has 0 radical (unpaired) electrons. The van der Waals surface area contributed by atoms with Crippen LogP contribution in [0.2, 0.25) is 0 Å². The average molecular weight is 235 g/mol. The minimum atomic E-state index is 0.0255. The molecule has 0 aromatic carbocycles. The van der Waals surface area contributed by atoms with Crippen molar-refractivity contribution in [2.45, 2.75) is 31.7 Å². The molecule has 17 heavy (non-hydrogen) atoms. The zero-order chi connectivity index (χ0) is 12.0. The minimum Gasteiger partial charge on any atom is -0.327 e. The molecule has 2 aliphatic rings. The number of carbonyl (C=O) groups excluding carboxylic acids is 1. The molecule has 1 aromatic rings. The molecular weight excluding hydrogens is 218 g/mol.